The zero-order valence-electron chi connectivity index (χ0n) is 14.1. The molecule has 2 aromatic heterocycles. The molecule has 0 atom stereocenters. The number of carbonyl (C=O) groups is 1. The number of carbonyl (C=O) groups excluding carboxylic acids is 1. The van der Waals surface area contributed by atoms with Gasteiger partial charge >= 0.3 is 0 Å². The van der Waals surface area contributed by atoms with E-state index in [0.29, 0.717) is 35.9 Å². The van der Waals surface area contributed by atoms with Crippen LogP contribution in [-0.4, -0.2) is 39.7 Å². The highest BCUT2D eigenvalue weighted by atomic mass is 16.5. The number of H-pyrrole nitrogens is 2. The summed E-state index contributed by atoms with van der Waals surface area (Å²) < 4.78 is 5.19. The number of anilines is 1. The van der Waals surface area contributed by atoms with Gasteiger partial charge in [-0.3, -0.25) is 14.7 Å². The summed E-state index contributed by atoms with van der Waals surface area (Å²) in [5, 5.41) is 9.60. The van der Waals surface area contributed by atoms with Crippen molar-refractivity contribution in [1.82, 2.24) is 25.5 Å². The quantitative estimate of drug-likeness (QED) is 0.514. The molecule has 26 heavy (non-hydrogen) atoms. The third-order valence-electron chi connectivity index (χ3n) is 3.65. The van der Waals surface area contributed by atoms with Crippen LogP contribution in [0.5, 0.6) is 5.75 Å². The van der Waals surface area contributed by atoms with E-state index in [1.807, 2.05) is 24.3 Å². The van der Waals surface area contributed by atoms with Gasteiger partial charge in [0, 0.05) is 24.6 Å². The third-order valence-corrected chi connectivity index (χ3v) is 3.65. The van der Waals surface area contributed by atoms with Crippen LogP contribution in [0, 0.1) is 0 Å². The summed E-state index contributed by atoms with van der Waals surface area (Å²) in [7, 11) is 1.59. The van der Waals surface area contributed by atoms with Crippen LogP contribution in [0.1, 0.15) is 16.3 Å². The Morgan fingerprint density at radius 3 is 2.92 bits per heavy atom. The molecule has 0 radical (unpaired) electrons. The largest absolute Gasteiger partial charge is 0.497 e. The molecule has 9 nitrogen and oxygen atoms in total. The van der Waals surface area contributed by atoms with Crippen LogP contribution in [-0.2, 0) is 6.42 Å². The van der Waals surface area contributed by atoms with Crippen LogP contribution >= 0.6 is 0 Å². The lowest BCUT2D eigenvalue weighted by Crippen LogP contribution is -2.27. The molecule has 0 saturated carbocycles. The maximum Gasteiger partial charge on any atom is 0.269 e. The number of nitrogens with two attached hydrogens (primary N) is 1. The highest BCUT2D eigenvalue weighted by Crippen LogP contribution is 2.22. The number of amides is 1. The van der Waals surface area contributed by atoms with E-state index in [1.54, 1.807) is 13.2 Å². The molecule has 0 aliphatic rings. The summed E-state index contributed by atoms with van der Waals surface area (Å²) in [5.41, 5.74) is 7.00. The number of aromatic nitrogens is 4. The summed E-state index contributed by atoms with van der Waals surface area (Å²) >= 11 is 0. The van der Waals surface area contributed by atoms with Gasteiger partial charge in [0.1, 0.15) is 23.1 Å². The van der Waals surface area contributed by atoms with Gasteiger partial charge in [-0.25, -0.2) is 4.98 Å². The average molecular weight is 354 g/mol. The SMILES string of the molecule is COc1cccc(-c2cc(C(=O)NCCc3nc(N)cc(=O)[nH]3)[nH]n2)c1. The van der Waals surface area contributed by atoms with Crippen molar-refractivity contribution in [3.8, 4) is 17.0 Å². The van der Waals surface area contributed by atoms with Crippen LogP contribution in [0.25, 0.3) is 11.3 Å². The molecule has 2 heterocycles. The molecule has 0 spiro atoms. The maximum atomic E-state index is 12.2. The van der Waals surface area contributed by atoms with E-state index in [4.69, 9.17) is 10.5 Å². The second kappa shape index (κ2) is 7.51. The monoisotopic (exact) mass is 354 g/mol. The number of rotatable bonds is 6. The highest BCUT2D eigenvalue weighted by Gasteiger charge is 2.11. The zero-order valence-corrected chi connectivity index (χ0v) is 14.1. The first-order valence-corrected chi connectivity index (χ1v) is 7.89. The van der Waals surface area contributed by atoms with Crippen molar-refractivity contribution in [3.63, 3.8) is 0 Å². The standard InChI is InChI=1S/C17H18N6O3/c1-26-11-4-2-3-10(7-11)12-8-13(23-22-12)17(25)19-6-5-15-20-14(18)9-16(24)21-15/h2-4,7-9H,5-6H2,1H3,(H,19,25)(H,22,23)(H3,18,20,21,24). The first kappa shape index (κ1) is 17.2. The lowest BCUT2D eigenvalue weighted by atomic mass is 10.1. The van der Waals surface area contributed by atoms with Gasteiger partial charge in [0.25, 0.3) is 11.5 Å². The highest BCUT2D eigenvalue weighted by molar-refractivity contribution is 5.93. The number of benzene rings is 1. The number of nitrogen functional groups attached to an aromatic ring is 1. The summed E-state index contributed by atoms with van der Waals surface area (Å²) in [5.74, 6) is 0.960. The molecule has 0 aliphatic heterocycles. The number of methoxy groups -OCH3 is 1. The molecule has 0 bridgehead atoms. The van der Waals surface area contributed by atoms with Gasteiger partial charge in [0.15, 0.2) is 0 Å². The molecule has 5 N–H and O–H groups in total. The Morgan fingerprint density at radius 2 is 2.15 bits per heavy atom. The zero-order chi connectivity index (χ0) is 18.5. The summed E-state index contributed by atoms with van der Waals surface area (Å²) in [6, 6.07) is 10.2. The molecule has 9 heteroatoms. The van der Waals surface area contributed by atoms with Crippen molar-refractivity contribution in [3.05, 3.63) is 58.3 Å². The third kappa shape index (κ3) is 4.07. The Morgan fingerprint density at radius 1 is 1.31 bits per heavy atom. The molecular formula is C17H18N6O3. The summed E-state index contributed by atoms with van der Waals surface area (Å²) in [6.45, 7) is 0.290. The molecule has 1 amide bonds. The molecule has 0 fully saturated rings. The van der Waals surface area contributed by atoms with Gasteiger partial charge in [0.05, 0.1) is 12.8 Å². The van der Waals surface area contributed by atoms with Crippen LogP contribution in [0.4, 0.5) is 5.82 Å². The predicted molar refractivity (Wildman–Crippen MR) is 95.9 cm³/mol. The fourth-order valence-electron chi connectivity index (χ4n) is 2.41. The minimum atomic E-state index is -0.324. The number of hydrogen-bond acceptors (Lipinski definition) is 6. The molecule has 0 aliphatic carbocycles. The predicted octanol–water partition coefficient (Wildman–Crippen LogP) is 0.723. The fourth-order valence-corrected chi connectivity index (χ4v) is 2.41. The smallest absolute Gasteiger partial charge is 0.269 e. The van der Waals surface area contributed by atoms with Gasteiger partial charge in [-0.1, -0.05) is 12.1 Å². The van der Waals surface area contributed by atoms with Crippen molar-refractivity contribution in [2.75, 3.05) is 19.4 Å². The lowest BCUT2D eigenvalue weighted by Gasteiger charge is -2.03. The average Bonchev–Trinajstić information content (AvgIpc) is 3.11. The van der Waals surface area contributed by atoms with Crippen LogP contribution in [0.3, 0.4) is 0 Å². The summed E-state index contributed by atoms with van der Waals surface area (Å²) in [4.78, 5) is 30.1. The van der Waals surface area contributed by atoms with Gasteiger partial charge in [-0.2, -0.15) is 5.10 Å². The van der Waals surface area contributed by atoms with E-state index in [1.165, 1.54) is 6.07 Å². The van der Waals surface area contributed by atoms with Crippen LogP contribution < -0.4 is 21.3 Å². The maximum absolute atomic E-state index is 12.2. The van der Waals surface area contributed by atoms with Crippen molar-refractivity contribution < 1.29 is 9.53 Å². The Labute approximate surface area is 148 Å². The minimum Gasteiger partial charge on any atom is -0.497 e. The lowest BCUT2D eigenvalue weighted by molar-refractivity contribution is 0.0949. The molecular weight excluding hydrogens is 336 g/mol. The number of nitrogens with one attached hydrogen (secondary N) is 3. The van der Waals surface area contributed by atoms with Gasteiger partial charge in [-0.15, -0.1) is 0 Å². The normalized spacial score (nSPS) is 10.5. The molecule has 3 rings (SSSR count). The van der Waals surface area contributed by atoms with Gasteiger partial charge in [0.2, 0.25) is 0 Å². The van der Waals surface area contributed by atoms with E-state index in [-0.39, 0.29) is 17.3 Å². The second-order valence-electron chi connectivity index (χ2n) is 5.52. The molecule has 134 valence electrons. The molecule has 1 aromatic carbocycles. The topological polar surface area (TPSA) is 139 Å². The number of nitrogens with zero attached hydrogens (tertiary/aromatic N) is 2. The second-order valence-corrected chi connectivity index (χ2v) is 5.52. The number of hydrogen-bond donors (Lipinski definition) is 4. The van der Waals surface area contributed by atoms with E-state index in [0.717, 1.165) is 5.56 Å². The summed E-state index contributed by atoms with van der Waals surface area (Å²) in [6.07, 6.45) is 0.350. The van der Waals surface area contributed by atoms with Crippen LogP contribution in [0.2, 0.25) is 0 Å². The van der Waals surface area contributed by atoms with E-state index >= 15 is 0 Å². The van der Waals surface area contributed by atoms with Gasteiger partial charge in [-0.05, 0) is 18.2 Å². The first-order valence-electron chi connectivity index (χ1n) is 7.89. The van der Waals surface area contributed by atoms with Crippen LogP contribution in [0.15, 0.2) is 41.2 Å². The molecule has 3 aromatic rings. The minimum absolute atomic E-state index is 0.145. The van der Waals surface area contributed by atoms with Gasteiger partial charge < -0.3 is 20.8 Å². The van der Waals surface area contributed by atoms with Crippen molar-refractivity contribution in [1.29, 1.82) is 0 Å². The van der Waals surface area contributed by atoms with E-state index in [2.05, 4.69) is 25.5 Å². The van der Waals surface area contributed by atoms with E-state index in [9.17, 15) is 9.59 Å². The molecule has 0 saturated heterocycles. The number of aromatic amines is 2. The Hall–Kier alpha value is -3.62. The van der Waals surface area contributed by atoms with Crippen molar-refractivity contribution in [2.24, 2.45) is 0 Å². The van der Waals surface area contributed by atoms with Crippen molar-refractivity contribution >= 4 is 11.7 Å². The van der Waals surface area contributed by atoms with E-state index < -0.39 is 0 Å². The fraction of sp³-hybridized carbons (Fsp3) is 0.176. The number of ether oxygens (including phenoxy) is 1. The van der Waals surface area contributed by atoms with Crippen molar-refractivity contribution in [2.45, 2.75) is 6.42 Å². The Kier molecular flexibility index (Phi) is 4.97. The Balaban J connectivity index is 1.62. The molecule has 0 unspecified atom stereocenters. The Bertz CT molecular complexity index is 978. The first-order chi connectivity index (χ1) is 12.5.